The van der Waals surface area contributed by atoms with Crippen LogP contribution in [0.2, 0.25) is 0 Å². The maximum Gasteiger partial charge on any atom is 0.573 e. The number of nitrogens with zero attached hydrogens (tertiary/aromatic N) is 2. The van der Waals surface area contributed by atoms with Crippen molar-refractivity contribution < 1.29 is 27.5 Å². The molecular formula is C17H17F3N4O3. The molecule has 10 heteroatoms. The van der Waals surface area contributed by atoms with Gasteiger partial charge in [-0.2, -0.15) is 5.10 Å². The molecule has 1 fully saturated rings. The molecule has 0 saturated carbocycles. The van der Waals surface area contributed by atoms with Gasteiger partial charge in [0, 0.05) is 6.54 Å². The molecular weight excluding hydrogens is 365 g/mol. The molecule has 1 aliphatic rings. The van der Waals surface area contributed by atoms with Gasteiger partial charge in [0.2, 0.25) is 0 Å². The van der Waals surface area contributed by atoms with Gasteiger partial charge >= 0.3 is 6.36 Å². The number of nitrogens with one attached hydrogen (secondary N) is 1. The molecule has 1 saturated heterocycles. The molecule has 0 bridgehead atoms. The maximum absolute atomic E-state index is 13.0. The Labute approximate surface area is 152 Å². The topological polar surface area (TPSA) is 101 Å². The summed E-state index contributed by atoms with van der Waals surface area (Å²) in [7, 11) is 0. The van der Waals surface area contributed by atoms with Crippen molar-refractivity contribution in [2.75, 3.05) is 6.54 Å². The number of hydrogen-bond acceptors (Lipinski definition) is 4. The summed E-state index contributed by atoms with van der Waals surface area (Å²) in [6, 6.07) is 6.22. The van der Waals surface area contributed by atoms with Gasteiger partial charge in [0.25, 0.3) is 11.8 Å². The summed E-state index contributed by atoms with van der Waals surface area (Å²) in [5.41, 5.74) is 5.55. The number of ether oxygens (including phenoxy) is 1. The number of aromatic amines is 1. The molecule has 0 radical (unpaired) electrons. The summed E-state index contributed by atoms with van der Waals surface area (Å²) in [5, 5.41) is 6.50. The molecule has 1 aliphatic heterocycles. The Hall–Kier alpha value is -3.04. The SMILES string of the molecule is NC(=O)c1cc(C2CCCCN2C(=O)c2ccccc2OC(F)(F)F)[nH]n1. The van der Waals surface area contributed by atoms with Gasteiger partial charge in [-0.1, -0.05) is 12.1 Å². The highest BCUT2D eigenvalue weighted by Gasteiger charge is 2.35. The molecule has 3 rings (SSSR count). The number of rotatable bonds is 4. The van der Waals surface area contributed by atoms with Crippen molar-refractivity contribution in [3.63, 3.8) is 0 Å². The third-order valence-corrected chi connectivity index (χ3v) is 4.32. The first-order valence-corrected chi connectivity index (χ1v) is 8.27. The van der Waals surface area contributed by atoms with Crippen LogP contribution in [0.1, 0.15) is 51.8 Å². The summed E-state index contributed by atoms with van der Waals surface area (Å²) < 4.78 is 41.9. The lowest BCUT2D eigenvalue weighted by Gasteiger charge is -2.35. The van der Waals surface area contributed by atoms with Gasteiger partial charge in [-0.15, -0.1) is 13.2 Å². The first kappa shape index (κ1) is 18.7. The molecule has 2 heterocycles. The second kappa shape index (κ2) is 7.29. The van der Waals surface area contributed by atoms with Gasteiger partial charge in [0.1, 0.15) is 11.4 Å². The Morgan fingerprint density at radius 1 is 1.26 bits per heavy atom. The van der Waals surface area contributed by atoms with Gasteiger partial charge < -0.3 is 15.4 Å². The standard InChI is InChI=1S/C17H17F3N4O3/c18-17(19,20)27-14-7-2-1-5-10(14)16(26)24-8-4-3-6-13(24)11-9-12(15(21)25)23-22-11/h1-2,5,7,9,13H,3-4,6,8H2,(H2,21,25)(H,22,23). The molecule has 3 N–H and O–H groups in total. The Morgan fingerprint density at radius 3 is 2.67 bits per heavy atom. The van der Waals surface area contributed by atoms with E-state index in [0.717, 1.165) is 12.5 Å². The quantitative estimate of drug-likeness (QED) is 0.849. The van der Waals surface area contributed by atoms with E-state index in [1.54, 1.807) is 0 Å². The van der Waals surface area contributed by atoms with E-state index < -0.39 is 30.0 Å². The van der Waals surface area contributed by atoms with Crippen molar-refractivity contribution in [2.24, 2.45) is 5.73 Å². The second-order valence-electron chi connectivity index (χ2n) is 6.13. The van der Waals surface area contributed by atoms with E-state index in [1.807, 2.05) is 0 Å². The molecule has 1 unspecified atom stereocenters. The normalized spacial score (nSPS) is 17.6. The first-order valence-electron chi connectivity index (χ1n) is 8.27. The number of carbonyl (C=O) groups excluding carboxylic acids is 2. The Morgan fingerprint density at radius 2 is 2.00 bits per heavy atom. The van der Waals surface area contributed by atoms with Crippen LogP contribution in [0.4, 0.5) is 13.2 Å². The fourth-order valence-electron chi connectivity index (χ4n) is 3.14. The minimum atomic E-state index is -4.91. The van der Waals surface area contributed by atoms with Crippen molar-refractivity contribution >= 4 is 11.8 Å². The largest absolute Gasteiger partial charge is 0.573 e. The fraction of sp³-hybridized carbons (Fsp3) is 0.353. The summed E-state index contributed by atoms with van der Waals surface area (Å²) in [6.07, 6.45) is -2.80. The fourth-order valence-corrected chi connectivity index (χ4v) is 3.14. The molecule has 144 valence electrons. The Bertz CT molecular complexity index is 850. The number of H-pyrrole nitrogens is 1. The molecule has 1 aromatic heterocycles. The van der Waals surface area contributed by atoms with Crippen LogP contribution in [0.15, 0.2) is 30.3 Å². The van der Waals surface area contributed by atoms with Crippen LogP contribution in [0.3, 0.4) is 0 Å². The van der Waals surface area contributed by atoms with Crippen LogP contribution < -0.4 is 10.5 Å². The number of amides is 2. The zero-order chi connectivity index (χ0) is 19.6. The maximum atomic E-state index is 13.0. The summed E-state index contributed by atoms with van der Waals surface area (Å²) in [5.74, 6) is -1.85. The average Bonchev–Trinajstić information content (AvgIpc) is 3.10. The molecule has 1 aromatic carbocycles. The molecule has 27 heavy (non-hydrogen) atoms. The summed E-state index contributed by atoms with van der Waals surface area (Å²) in [4.78, 5) is 25.7. The van der Waals surface area contributed by atoms with E-state index in [4.69, 9.17) is 5.73 Å². The van der Waals surface area contributed by atoms with Crippen LogP contribution in [0, 0.1) is 0 Å². The number of benzene rings is 1. The predicted molar refractivity (Wildman–Crippen MR) is 87.9 cm³/mol. The number of likely N-dealkylation sites (tertiary alicyclic amines) is 1. The van der Waals surface area contributed by atoms with Gasteiger partial charge in [0.05, 0.1) is 17.3 Å². The minimum absolute atomic E-state index is 0.0313. The molecule has 2 aromatic rings. The predicted octanol–water partition coefficient (Wildman–Crippen LogP) is 2.77. The van der Waals surface area contributed by atoms with E-state index in [9.17, 15) is 22.8 Å². The first-order chi connectivity index (χ1) is 12.8. The number of hydrogen-bond donors (Lipinski definition) is 2. The smallest absolute Gasteiger partial charge is 0.405 e. The van der Waals surface area contributed by atoms with Crippen molar-refractivity contribution in [1.82, 2.24) is 15.1 Å². The van der Waals surface area contributed by atoms with Crippen LogP contribution >= 0.6 is 0 Å². The van der Waals surface area contributed by atoms with Gasteiger partial charge in [-0.3, -0.25) is 14.7 Å². The highest BCUT2D eigenvalue weighted by molar-refractivity contribution is 5.97. The van der Waals surface area contributed by atoms with E-state index in [2.05, 4.69) is 14.9 Å². The number of halogens is 3. The summed E-state index contributed by atoms with van der Waals surface area (Å²) in [6.45, 7) is 0.356. The number of nitrogens with two attached hydrogens (primary N) is 1. The van der Waals surface area contributed by atoms with E-state index in [0.29, 0.717) is 25.1 Å². The number of piperidine rings is 1. The van der Waals surface area contributed by atoms with Crippen LogP contribution in [0.25, 0.3) is 0 Å². The van der Waals surface area contributed by atoms with Gasteiger partial charge in [0.15, 0.2) is 0 Å². The highest BCUT2D eigenvalue weighted by atomic mass is 19.4. The monoisotopic (exact) mass is 382 g/mol. The molecule has 1 atom stereocenters. The van der Waals surface area contributed by atoms with Crippen LogP contribution in [0.5, 0.6) is 5.75 Å². The average molecular weight is 382 g/mol. The second-order valence-corrected chi connectivity index (χ2v) is 6.13. The lowest BCUT2D eigenvalue weighted by atomic mass is 9.97. The number of aromatic nitrogens is 2. The number of para-hydroxylation sites is 1. The van der Waals surface area contributed by atoms with Gasteiger partial charge in [-0.05, 0) is 37.5 Å². The number of primary amides is 1. The zero-order valence-electron chi connectivity index (χ0n) is 14.1. The van der Waals surface area contributed by atoms with Crippen molar-refractivity contribution in [3.05, 3.63) is 47.3 Å². The van der Waals surface area contributed by atoms with Crippen molar-refractivity contribution in [2.45, 2.75) is 31.7 Å². The third kappa shape index (κ3) is 4.21. The Kier molecular flexibility index (Phi) is 5.06. The van der Waals surface area contributed by atoms with Crippen LogP contribution in [-0.2, 0) is 0 Å². The summed E-state index contributed by atoms with van der Waals surface area (Å²) >= 11 is 0. The minimum Gasteiger partial charge on any atom is -0.405 e. The third-order valence-electron chi connectivity index (χ3n) is 4.32. The zero-order valence-corrected chi connectivity index (χ0v) is 14.1. The van der Waals surface area contributed by atoms with Crippen LogP contribution in [-0.4, -0.2) is 39.8 Å². The molecule has 2 amide bonds. The van der Waals surface area contributed by atoms with E-state index >= 15 is 0 Å². The number of carbonyl (C=O) groups is 2. The van der Waals surface area contributed by atoms with E-state index in [-0.39, 0.29) is 11.3 Å². The molecule has 7 nitrogen and oxygen atoms in total. The highest BCUT2D eigenvalue weighted by Crippen LogP contribution is 2.34. The Balaban J connectivity index is 1.91. The van der Waals surface area contributed by atoms with Crippen molar-refractivity contribution in [3.8, 4) is 5.75 Å². The lowest BCUT2D eigenvalue weighted by molar-refractivity contribution is -0.274. The van der Waals surface area contributed by atoms with Crippen molar-refractivity contribution in [1.29, 1.82) is 0 Å². The van der Waals surface area contributed by atoms with E-state index in [1.165, 1.54) is 29.2 Å². The van der Waals surface area contributed by atoms with Gasteiger partial charge in [-0.25, -0.2) is 0 Å². The molecule has 0 spiro atoms. The molecule has 0 aliphatic carbocycles. The lowest BCUT2D eigenvalue weighted by Crippen LogP contribution is -2.39. The number of alkyl halides is 3.